The van der Waals surface area contributed by atoms with E-state index < -0.39 is 0 Å². The van der Waals surface area contributed by atoms with Gasteiger partial charge < -0.3 is 9.47 Å². The summed E-state index contributed by atoms with van der Waals surface area (Å²) in [4.78, 5) is 47.8. The molecule has 0 radical (unpaired) electrons. The summed E-state index contributed by atoms with van der Waals surface area (Å²) in [5.74, 6) is 0.113. The van der Waals surface area contributed by atoms with Gasteiger partial charge in [0.2, 0.25) is 11.8 Å². The van der Waals surface area contributed by atoms with E-state index in [-0.39, 0.29) is 30.6 Å². The number of hydrogen-bond donors (Lipinski definition) is 0. The Bertz CT molecular complexity index is 1250. The van der Waals surface area contributed by atoms with Crippen molar-refractivity contribution in [2.75, 3.05) is 56.3 Å². The molecule has 188 valence electrons. The standard InChI is InChI=1S/C26H28N4O5S/c1-34-20-7-8-22-21(17-20)27-26(36-22)29(12-2-11-28-13-15-35-16-14-28)25(33)18-3-5-19(6-4-18)30-23(31)9-10-24(30)32/h3-8,17H,2,9-16H2,1H3. The number of carbonyl (C=O) groups is 3. The lowest BCUT2D eigenvalue weighted by molar-refractivity contribution is -0.121. The second-order valence-electron chi connectivity index (χ2n) is 8.76. The summed E-state index contributed by atoms with van der Waals surface area (Å²) in [6.07, 6.45) is 1.23. The quantitative estimate of drug-likeness (QED) is 0.431. The predicted octanol–water partition coefficient (Wildman–Crippen LogP) is 3.33. The van der Waals surface area contributed by atoms with Gasteiger partial charge in [0.1, 0.15) is 5.75 Å². The average Bonchev–Trinajstić information content (AvgIpc) is 3.48. The SMILES string of the molecule is COc1ccc2sc(N(CCCN3CCOCC3)C(=O)c3ccc(N4C(=O)CCC4=O)cc3)nc2c1. The van der Waals surface area contributed by atoms with Gasteiger partial charge in [0, 0.05) is 50.7 Å². The third kappa shape index (κ3) is 5.11. The van der Waals surface area contributed by atoms with Gasteiger partial charge in [-0.1, -0.05) is 11.3 Å². The van der Waals surface area contributed by atoms with Crippen LogP contribution in [0.3, 0.4) is 0 Å². The molecule has 0 N–H and O–H groups in total. The normalized spacial score (nSPS) is 16.6. The number of anilines is 2. The molecule has 2 aliphatic rings. The monoisotopic (exact) mass is 508 g/mol. The van der Waals surface area contributed by atoms with Crippen molar-refractivity contribution in [2.45, 2.75) is 19.3 Å². The number of ether oxygens (including phenoxy) is 2. The summed E-state index contributed by atoms with van der Waals surface area (Å²) in [5, 5.41) is 0.624. The van der Waals surface area contributed by atoms with E-state index in [1.54, 1.807) is 36.3 Å². The maximum atomic E-state index is 13.7. The molecule has 2 aromatic carbocycles. The number of thiazole rings is 1. The fraction of sp³-hybridized carbons (Fsp3) is 0.385. The largest absolute Gasteiger partial charge is 0.497 e. The van der Waals surface area contributed by atoms with Crippen molar-refractivity contribution in [3.63, 3.8) is 0 Å². The third-order valence-corrected chi connectivity index (χ3v) is 7.50. The van der Waals surface area contributed by atoms with Crippen molar-refractivity contribution in [2.24, 2.45) is 0 Å². The minimum absolute atomic E-state index is 0.173. The maximum absolute atomic E-state index is 13.7. The van der Waals surface area contributed by atoms with Crippen LogP contribution in [0.15, 0.2) is 42.5 Å². The highest BCUT2D eigenvalue weighted by molar-refractivity contribution is 7.22. The number of morpholine rings is 1. The molecule has 3 aromatic rings. The zero-order valence-electron chi connectivity index (χ0n) is 20.1. The van der Waals surface area contributed by atoms with Crippen LogP contribution in [0.2, 0.25) is 0 Å². The Labute approximate surface area is 213 Å². The topological polar surface area (TPSA) is 92.3 Å². The first-order valence-corrected chi connectivity index (χ1v) is 12.9. The van der Waals surface area contributed by atoms with Crippen molar-refractivity contribution >= 4 is 50.1 Å². The number of methoxy groups -OCH3 is 1. The van der Waals surface area contributed by atoms with Crippen LogP contribution in [-0.4, -0.2) is 74.1 Å². The molecule has 2 saturated heterocycles. The second-order valence-corrected chi connectivity index (χ2v) is 9.77. The first kappa shape index (κ1) is 24.4. The van der Waals surface area contributed by atoms with Crippen molar-refractivity contribution in [1.29, 1.82) is 0 Å². The van der Waals surface area contributed by atoms with E-state index in [0.717, 1.165) is 49.5 Å². The molecule has 0 bridgehead atoms. The smallest absolute Gasteiger partial charge is 0.260 e. The van der Waals surface area contributed by atoms with Crippen molar-refractivity contribution in [3.05, 3.63) is 48.0 Å². The molecular formula is C26H28N4O5S. The van der Waals surface area contributed by atoms with E-state index >= 15 is 0 Å². The van der Waals surface area contributed by atoms with Crippen molar-refractivity contribution in [1.82, 2.24) is 9.88 Å². The lowest BCUT2D eigenvalue weighted by Crippen LogP contribution is -2.39. The molecule has 1 aromatic heterocycles. The second kappa shape index (κ2) is 10.7. The van der Waals surface area contributed by atoms with Crippen LogP contribution in [0.25, 0.3) is 10.2 Å². The van der Waals surface area contributed by atoms with Crippen LogP contribution >= 0.6 is 11.3 Å². The number of rotatable bonds is 8. The van der Waals surface area contributed by atoms with Crippen LogP contribution < -0.4 is 14.5 Å². The highest BCUT2D eigenvalue weighted by Gasteiger charge is 2.30. The van der Waals surface area contributed by atoms with E-state index in [2.05, 4.69) is 4.90 Å². The molecule has 9 nitrogen and oxygen atoms in total. The van der Waals surface area contributed by atoms with Gasteiger partial charge in [-0.2, -0.15) is 0 Å². The van der Waals surface area contributed by atoms with Crippen LogP contribution in [-0.2, 0) is 14.3 Å². The van der Waals surface area contributed by atoms with Gasteiger partial charge in [0.15, 0.2) is 5.13 Å². The van der Waals surface area contributed by atoms with Gasteiger partial charge in [-0.15, -0.1) is 0 Å². The number of aromatic nitrogens is 1. The summed E-state index contributed by atoms with van der Waals surface area (Å²) in [5.41, 5.74) is 1.74. The predicted molar refractivity (Wildman–Crippen MR) is 138 cm³/mol. The molecule has 2 fully saturated rings. The number of nitrogens with zero attached hydrogens (tertiary/aromatic N) is 4. The highest BCUT2D eigenvalue weighted by Crippen LogP contribution is 2.32. The number of benzene rings is 2. The molecule has 36 heavy (non-hydrogen) atoms. The molecule has 0 spiro atoms. The Hall–Kier alpha value is -3.34. The average molecular weight is 509 g/mol. The number of carbonyl (C=O) groups excluding carboxylic acids is 3. The zero-order valence-corrected chi connectivity index (χ0v) is 21.0. The van der Waals surface area contributed by atoms with E-state index in [1.165, 1.54) is 16.2 Å². The molecule has 3 amide bonds. The number of fused-ring (bicyclic) bond motifs is 1. The summed E-state index contributed by atoms with van der Waals surface area (Å²) in [6, 6.07) is 12.3. The van der Waals surface area contributed by atoms with Gasteiger partial charge in [0.25, 0.3) is 5.91 Å². The summed E-state index contributed by atoms with van der Waals surface area (Å²) >= 11 is 1.47. The minimum Gasteiger partial charge on any atom is -0.497 e. The van der Waals surface area contributed by atoms with Gasteiger partial charge in [-0.05, 0) is 42.8 Å². The Morgan fingerprint density at radius 3 is 2.50 bits per heavy atom. The first-order chi connectivity index (χ1) is 17.5. The van der Waals surface area contributed by atoms with E-state index in [1.807, 2.05) is 18.2 Å². The van der Waals surface area contributed by atoms with Crippen LogP contribution in [0.1, 0.15) is 29.6 Å². The summed E-state index contributed by atoms with van der Waals surface area (Å²) in [7, 11) is 1.61. The van der Waals surface area contributed by atoms with Gasteiger partial charge >= 0.3 is 0 Å². The van der Waals surface area contributed by atoms with E-state index in [0.29, 0.717) is 28.7 Å². The Balaban J connectivity index is 1.38. The zero-order chi connectivity index (χ0) is 25.1. The fourth-order valence-corrected chi connectivity index (χ4v) is 5.44. The molecule has 0 aliphatic carbocycles. The maximum Gasteiger partial charge on any atom is 0.260 e. The molecule has 10 heteroatoms. The first-order valence-electron chi connectivity index (χ1n) is 12.1. The van der Waals surface area contributed by atoms with Crippen LogP contribution in [0.5, 0.6) is 5.75 Å². The van der Waals surface area contributed by atoms with Crippen LogP contribution in [0, 0.1) is 0 Å². The summed E-state index contributed by atoms with van der Waals surface area (Å²) < 4.78 is 11.7. The number of hydrogen-bond acceptors (Lipinski definition) is 8. The molecule has 0 unspecified atom stereocenters. The van der Waals surface area contributed by atoms with Crippen molar-refractivity contribution < 1.29 is 23.9 Å². The lowest BCUT2D eigenvalue weighted by Gasteiger charge is -2.27. The highest BCUT2D eigenvalue weighted by atomic mass is 32.1. The molecule has 3 heterocycles. The summed E-state index contributed by atoms with van der Waals surface area (Å²) in [6.45, 7) is 4.63. The molecule has 0 atom stereocenters. The molecular weight excluding hydrogens is 480 g/mol. The Morgan fingerprint density at radius 2 is 1.81 bits per heavy atom. The fourth-order valence-electron chi connectivity index (χ4n) is 4.47. The van der Waals surface area contributed by atoms with Crippen molar-refractivity contribution in [3.8, 4) is 5.75 Å². The third-order valence-electron chi connectivity index (χ3n) is 6.44. The Morgan fingerprint density at radius 1 is 1.08 bits per heavy atom. The minimum atomic E-state index is -0.214. The number of amides is 3. The van der Waals surface area contributed by atoms with Gasteiger partial charge in [-0.3, -0.25) is 29.1 Å². The molecule has 2 aliphatic heterocycles. The lowest BCUT2D eigenvalue weighted by atomic mass is 10.1. The number of imide groups is 1. The van der Waals surface area contributed by atoms with Crippen LogP contribution in [0.4, 0.5) is 10.8 Å². The molecule has 5 rings (SSSR count). The van der Waals surface area contributed by atoms with Gasteiger partial charge in [0.05, 0.1) is 36.2 Å². The van der Waals surface area contributed by atoms with E-state index in [9.17, 15) is 14.4 Å². The Kier molecular flexibility index (Phi) is 7.26. The molecule has 0 saturated carbocycles. The van der Waals surface area contributed by atoms with Gasteiger partial charge in [-0.25, -0.2) is 4.98 Å². The van der Waals surface area contributed by atoms with E-state index in [4.69, 9.17) is 14.5 Å².